The fourth-order valence-electron chi connectivity index (χ4n) is 2.93. The molecule has 0 spiro atoms. The molecule has 134 valence electrons. The fraction of sp³-hybridized carbons (Fsp3) is 0.474. The molecule has 0 saturated carbocycles. The molecule has 0 unspecified atom stereocenters. The minimum Gasteiger partial charge on any atom is -0.370 e. The lowest BCUT2D eigenvalue weighted by molar-refractivity contribution is 0.103. The third kappa shape index (κ3) is 4.18. The highest BCUT2D eigenvalue weighted by molar-refractivity contribution is 7.13. The monoisotopic (exact) mass is 361 g/mol. The summed E-state index contributed by atoms with van der Waals surface area (Å²) < 4.78 is 13.7. The Morgan fingerprint density at radius 1 is 1.24 bits per heavy atom. The summed E-state index contributed by atoms with van der Waals surface area (Å²) in [5, 5.41) is 3.79. The zero-order chi connectivity index (χ0) is 18.0. The van der Waals surface area contributed by atoms with E-state index in [2.05, 4.69) is 36.0 Å². The Morgan fingerprint density at radius 2 is 1.96 bits per heavy atom. The largest absolute Gasteiger partial charge is 0.370 e. The van der Waals surface area contributed by atoms with Gasteiger partial charge in [0.25, 0.3) is 5.91 Å². The number of aromatic nitrogens is 1. The van der Waals surface area contributed by atoms with Crippen molar-refractivity contribution in [2.45, 2.75) is 45.4 Å². The van der Waals surface area contributed by atoms with Crippen molar-refractivity contribution in [2.24, 2.45) is 0 Å². The normalized spacial score (nSPS) is 15.3. The van der Waals surface area contributed by atoms with E-state index in [0.29, 0.717) is 10.6 Å². The van der Waals surface area contributed by atoms with Gasteiger partial charge in [-0.25, -0.2) is 9.37 Å². The zero-order valence-electron chi connectivity index (χ0n) is 14.9. The highest BCUT2D eigenvalue weighted by Gasteiger charge is 2.22. The molecular formula is C19H24FN3OS. The molecule has 2 heterocycles. The minimum absolute atomic E-state index is 0.0962. The van der Waals surface area contributed by atoms with Crippen molar-refractivity contribution in [3.63, 3.8) is 0 Å². The topological polar surface area (TPSA) is 45.2 Å². The van der Waals surface area contributed by atoms with E-state index >= 15 is 0 Å². The van der Waals surface area contributed by atoms with Gasteiger partial charge in [-0.05, 0) is 37.5 Å². The van der Waals surface area contributed by atoms with E-state index in [1.165, 1.54) is 29.9 Å². The number of carbonyl (C=O) groups excluding carboxylic acids is 1. The van der Waals surface area contributed by atoms with Gasteiger partial charge in [-0.2, -0.15) is 0 Å². The van der Waals surface area contributed by atoms with Crippen LogP contribution in [0.5, 0.6) is 0 Å². The van der Waals surface area contributed by atoms with E-state index in [-0.39, 0.29) is 17.1 Å². The molecule has 0 radical (unpaired) electrons. The zero-order valence-corrected chi connectivity index (χ0v) is 15.8. The second-order valence-corrected chi connectivity index (χ2v) is 8.47. The number of halogens is 1. The van der Waals surface area contributed by atoms with Gasteiger partial charge in [-0.15, -0.1) is 11.3 Å². The lowest BCUT2D eigenvalue weighted by Crippen LogP contribution is -2.30. The van der Waals surface area contributed by atoms with E-state index in [1.807, 2.05) is 0 Å². The third-order valence-corrected chi connectivity index (χ3v) is 5.70. The molecule has 0 aliphatic carbocycles. The number of rotatable bonds is 3. The number of carbonyl (C=O) groups is 1. The van der Waals surface area contributed by atoms with Crippen molar-refractivity contribution in [3.05, 3.63) is 40.1 Å². The maximum Gasteiger partial charge on any atom is 0.267 e. The van der Waals surface area contributed by atoms with Gasteiger partial charge in [-0.3, -0.25) is 4.79 Å². The minimum atomic E-state index is -0.351. The van der Waals surface area contributed by atoms with E-state index < -0.39 is 0 Å². The maximum atomic E-state index is 13.7. The van der Waals surface area contributed by atoms with Crippen LogP contribution in [0.1, 0.15) is 54.7 Å². The summed E-state index contributed by atoms with van der Waals surface area (Å²) in [5.74, 6) is -0.590. The second kappa shape index (κ2) is 7.12. The van der Waals surface area contributed by atoms with Crippen molar-refractivity contribution in [2.75, 3.05) is 23.3 Å². The Labute approximate surface area is 152 Å². The summed E-state index contributed by atoms with van der Waals surface area (Å²) in [4.78, 5) is 19.7. The molecule has 1 aromatic carbocycles. The number of nitrogens with zero attached hydrogens (tertiary/aromatic N) is 2. The molecule has 3 rings (SSSR count). The quantitative estimate of drug-likeness (QED) is 0.852. The van der Waals surface area contributed by atoms with Crippen molar-refractivity contribution >= 4 is 28.6 Å². The fourth-order valence-corrected chi connectivity index (χ4v) is 3.80. The van der Waals surface area contributed by atoms with Gasteiger partial charge < -0.3 is 10.2 Å². The van der Waals surface area contributed by atoms with Gasteiger partial charge in [-0.1, -0.05) is 20.8 Å². The average Bonchev–Trinajstić information content (AvgIpc) is 3.06. The molecule has 25 heavy (non-hydrogen) atoms. The number of anilines is 2. The number of hydrogen-bond donors (Lipinski definition) is 1. The molecular weight excluding hydrogens is 337 g/mol. The highest BCUT2D eigenvalue weighted by atomic mass is 32.1. The molecule has 0 atom stereocenters. The molecule has 1 aliphatic heterocycles. The van der Waals surface area contributed by atoms with Crippen LogP contribution in [0, 0.1) is 5.82 Å². The molecule has 1 aromatic heterocycles. The van der Waals surface area contributed by atoms with E-state index in [4.69, 9.17) is 0 Å². The first kappa shape index (κ1) is 17.9. The third-order valence-electron chi connectivity index (χ3n) is 4.27. The maximum absolute atomic E-state index is 13.7. The molecule has 1 amide bonds. The first-order chi connectivity index (χ1) is 11.8. The smallest absolute Gasteiger partial charge is 0.267 e. The van der Waals surface area contributed by atoms with Crippen molar-refractivity contribution < 1.29 is 9.18 Å². The highest BCUT2D eigenvalue weighted by Crippen LogP contribution is 2.31. The number of benzene rings is 1. The predicted molar refractivity (Wildman–Crippen MR) is 101 cm³/mol. The second-order valence-electron chi connectivity index (χ2n) is 7.44. The van der Waals surface area contributed by atoms with Crippen LogP contribution in [0.2, 0.25) is 0 Å². The number of thiazole rings is 1. The summed E-state index contributed by atoms with van der Waals surface area (Å²) >= 11 is 1.38. The van der Waals surface area contributed by atoms with Gasteiger partial charge in [0.15, 0.2) is 0 Å². The SMILES string of the molecule is CC(C)(C)c1ncc(C(=O)Nc2cc(F)ccc2N2CCCCC2)s1. The molecule has 1 aliphatic rings. The van der Waals surface area contributed by atoms with Crippen LogP contribution in [0.15, 0.2) is 24.4 Å². The molecule has 1 fully saturated rings. The summed E-state index contributed by atoms with van der Waals surface area (Å²) in [5.41, 5.74) is 1.31. The number of amides is 1. The van der Waals surface area contributed by atoms with Gasteiger partial charge in [0.05, 0.1) is 22.6 Å². The first-order valence-corrected chi connectivity index (χ1v) is 9.48. The molecule has 4 nitrogen and oxygen atoms in total. The van der Waals surface area contributed by atoms with Crippen LogP contribution in [0.25, 0.3) is 0 Å². The predicted octanol–water partition coefficient (Wildman–Crippen LogP) is 4.82. The van der Waals surface area contributed by atoms with Crippen LogP contribution >= 0.6 is 11.3 Å². The van der Waals surface area contributed by atoms with Crippen LogP contribution in [0.3, 0.4) is 0 Å². The average molecular weight is 361 g/mol. The van der Waals surface area contributed by atoms with Crippen molar-refractivity contribution in [3.8, 4) is 0 Å². The molecule has 1 N–H and O–H groups in total. The summed E-state index contributed by atoms with van der Waals surface area (Å²) in [7, 11) is 0. The van der Waals surface area contributed by atoms with Crippen LogP contribution < -0.4 is 10.2 Å². The van der Waals surface area contributed by atoms with E-state index in [1.54, 1.807) is 12.3 Å². The summed E-state index contributed by atoms with van der Waals surface area (Å²) in [6.07, 6.45) is 5.05. The Kier molecular flexibility index (Phi) is 5.08. The number of nitrogens with one attached hydrogen (secondary N) is 1. The van der Waals surface area contributed by atoms with E-state index in [9.17, 15) is 9.18 Å². The lowest BCUT2D eigenvalue weighted by Gasteiger charge is -2.30. The molecule has 1 saturated heterocycles. The van der Waals surface area contributed by atoms with Crippen LogP contribution in [-0.4, -0.2) is 24.0 Å². The van der Waals surface area contributed by atoms with Crippen molar-refractivity contribution in [1.82, 2.24) is 4.98 Å². The Balaban J connectivity index is 1.83. The van der Waals surface area contributed by atoms with Gasteiger partial charge in [0.2, 0.25) is 0 Å². The van der Waals surface area contributed by atoms with Crippen LogP contribution in [0.4, 0.5) is 15.8 Å². The molecule has 0 bridgehead atoms. The Bertz CT molecular complexity index is 760. The number of piperidine rings is 1. The molecule has 2 aromatic rings. The molecule has 6 heteroatoms. The number of hydrogen-bond acceptors (Lipinski definition) is 4. The van der Waals surface area contributed by atoms with Gasteiger partial charge in [0, 0.05) is 18.5 Å². The standard InChI is InChI=1S/C19H24FN3OS/c1-19(2,3)18-21-12-16(25-18)17(24)22-14-11-13(20)7-8-15(14)23-9-5-4-6-10-23/h7-8,11-12H,4-6,9-10H2,1-3H3,(H,22,24). The Morgan fingerprint density at radius 3 is 2.60 bits per heavy atom. The Hall–Kier alpha value is -1.95. The van der Waals surface area contributed by atoms with Crippen LogP contribution in [-0.2, 0) is 5.41 Å². The summed E-state index contributed by atoms with van der Waals surface area (Å²) in [6.45, 7) is 8.06. The summed E-state index contributed by atoms with van der Waals surface area (Å²) in [6, 6.07) is 4.60. The van der Waals surface area contributed by atoms with E-state index in [0.717, 1.165) is 36.6 Å². The lowest BCUT2D eigenvalue weighted by atomic mass is 9.98. The first-order valence-electron chi connectivity index (χ1n) is 8.67. The van der Waals surface area contributed by atoms with Crippen molar-refractivity contribution in [1.29, 1.82) is 0 Å². The van der Waals surface area contributed by atoms with Gasteiger partial charge >= 0.3 is 0 Å². The van der Waals surface area contributed by atoms with Gasteiger partial charge in [0.1, 0.15) is 10.7 Å².